The second-order valence-electron chi connectivity index (χ2n) is 3.72. The zero-order chi connectivity index (χ0) is 12.3. The first-order valence-electron chi connectivity index (χ1n) is 5.26. The Balaban J connectivity index is 2.29. The van der Waals surface area contributed by atoms with Crippen LogP contribution in [0.3, 0.4) is 0 Å². The van der Waals surface area contributed by atoms with Gasteiger partial charge in [-0.3, -0.25) is 0 Å². The molecule has 2 N–H and O–H groups in total. The molecule has 5 heteroatoms. The summed E-state index contributed by atoms with van der Waals surface area (Å²) in [5.74, 6) is -0.349. The Labute approximate surface area is 98.8 Å². The predicted molar refractivity (Wildman–Crippen MR) is 62.3 cm³/mol. The molecule has 17 heavy (non-hydrogen) atoms. The molecule has 0 bridgehead atoms. The van der Waals surface area contributed by atoms with Gasteiger partial charge in [-0.25, -0.2) is 9.07 Å². The lowest BCUT2D eigenvalue weighted by Gasteiger charge is -2.12. The first kappa shape index (κ1) is 11.8. The molecule has 0 radical (unpaired) electrons. The number of hydrogen-bond acceptors (Lipinski definition) is 3. The molecule has 0 saturated carbocycles. The molecule has 1 unspecified atom stereocenters. The van der Waals surface area contributed by atoms with Gasteiger partial charge in [0.25, 0.3) is 0 Å². The van der Waals surface area contributed by atoms with Gasteiger partial charge >= 0.3 is 0 Å². The topological polar surface area (TPSA) is 53.1 Å². The molecule has 0 aliphatic rings. The van der Waals surface area contributed by atoms with E-state index in [-0.39, 0.29) is 11.9 Å². The van der Waals surface area contributed by atoms with Crippen molar-refractivity contribution in [3.05, 3.63) is 48.0 Å². The summed E-state index contributed by atoms with van der Waals surface area (Å²) in [6.45, 7) is 0.362. The molecule has 90 valence electrons. The Bertz CT molecular complexity index is 485. The van der Waals surface area contributed by atoms with Crippen LogP contribution < -0.4 is 5.73 Å². The maximum absolute atomic E-state index is 13.9. The van der Waals surface area contributed by atoms with Gasteiger partial charge < -0.3 is 10.5 Å². The molecule has 1 aromatic heterocycles. The number of benzene rings is 1. The minimum absolute atomic E-state index is 0.318. The summed E-state index contributed by atoms with van der Waals surface area (Å²) in [5.41, 5.74) is 6.94. The first-order valence-corrected chi connectivity index (χ1v) is 5.26. The minimum atomic E-state index is -0.349. The molecule has 2 rings (SSSR count). The fourth-order valence-electron chi connectivity index (χ4n) is 1.63. The third-order valence-electron chi connectivity index (χ3n) is 2.50. The van der Waals surface area contributed by atoms with E-state index >= 15 is 0 Å². The van der Waals surface area contributed by atoms with Gasteiger partial charge in [-0.1, -0.05) is 6.07 Å². The highest BCUT2D eigenvalue weighted by Gasteiger charge is 2.10. The predicted octanol–water partition coefficient (Wildman–Crippen LogP) is 1.66. The van der Waals surface area contributed by atoms with Crippen molar-refractivity contribution in [2.45, 2.75) is 6.04 Å². The second kappa shape index (κ2) is 5.07. The van der Waals surface area contributed by atoms with Gasteiger partial charge in [0.05, 0.1) is 12.6 Å². The van der Waals surface area contributed by atoms with E-state index in [0.29, 0.717) is 17.9 Å². The number of halogens is 1. The maximum Gasteiger partial charge on any atom is 0.149 e. The first-order chi connectivity index (χ1) is 8.22. The fraction of sp³-hybridized carbons (Fsp3) is 0.250. The van der Waals surface area contributed by atoms with E-state index in [2.05, 4.69) is 5.10 Å². The van der Waals surface area contributed by atoms with Gasteiger partial charge in [-0.15, -0.1) is 0 Å². The third-order valence-corrected chi connectivity index (χ3v) is 2.50. The number of ether oxygens (including phenoxy) is 1. The van der Waals surface area contributed by atoms with Gasteiger partial charge in [0.1, 0.15) is 11.5 Å². The van der Waals surface area contributed by atoms with Crippen molar-refractivity contribution in [3.8, 4) is 5.69 Å². The zero-order valence-electron chi connectivity index (χ0n) is 9.51. The van der Waals surface area contributed by atoms with Crippen molar-refractivity contribution in [1.29, 1.82) is 0 Å². The van der Waals surface area contributed by atoms with Crippen LogP contribution in [0.1, 0.15) is 11.6 Å². The monoisotopic (exact) mass is 235 g/mol. The number of hydrogen-bond donors (Lipinski definition) is 1. The highest BCUT2D eigenvalue weighted by Crippen LogP contribution is 2.18. The lowest BCUT2D eigenvalue weighted by atomic mass is 10.1. The van der Waals surface area contributed by atoms with E-state index in [9.17, 15) is 4.39 Å². The van der Waals surface area contributed by atoms with E-state index in [0.717, 1.165) is 0 Å². The van der Waals surface area contributed by atoms with E-state index in [1.54, 1.807) is 37.7 Å². The quantitative estimate of drug-likeness (QED) is 0.876. The minimum Gasteiger partial charge on any atom is -0.383 e. The summed E-state index contributed by atoms with van der Waals surface area (Å²) in [4.78, 5) is 0. The SMILES string of the molecule is COCC(N)c1ccc(-n2cccn2)c(F)c1. The van der Waals surface area contributed by atoms with Crippen LogP contribution in [0.4, 0.5) is 4.39 Å². The maximum atomic E-state index is 13.9. The molecule has 4 nitrogen and oxygen atoms in total. The number of aromatic nitrogens is 2. The van der Waals surface area contributed by atoms with Crippen molar-refractivity contribution < 1.29 is 9.13 Å². The molecule has 1 atom stereocenters. The largest absolute Gasteiger partial charge is 0.383 e. The Hall–Kier alpha value is -1.72. The number of methoxy groups -OCH3 is 1. The zero-order valence-corrected chi connectivity index (χ0v) is 9.51. The normalized spacial score (nSPS) is 12.6. The summed E-state index contributed by atoms with van der Waals surface area (Å²) in [5, 5.41) is 3.98. The van der Waals surface area contributed by atoms with Crippen molar-refractivity contribution in [2.24, 2.45) is 5.73 Å². The Morgan fingerprint density at radius 1 is 1.53 bits per heavy atom. The number of rotatable bonds is 4. The molecule has 0 amide bonds. The van der Waals surface area contributed by atoms with E-state index < -0.39 is 0 Å². The van der Waals surface area contributed by atoms with E-state index in [4.69, 9.17) is 10.5 Å². The van der Waals surface area contributed by atoms with Gasteiger partial charge in [0.15, 0.2) is 0 Å². The molecule has 0 spiro atoms. The van der Waals surface area contributed by atoms with E-state index in [1.165, 1.54) is 10.7 Å². The van der Waals surface area contributed by atoms with Crippen LogP contribution in [-0.4, -0.2) is 23.5 Å². The summed E-state index contributed by atoms with van der Waals surface area (Å²) >= 11 is 0. The molecule has 0 aliphatic carbocycles. The molecule has 1 aromatic carbocycles. The van der Waals surface area contributed by atoms with Crippen LogP contribution in [-0.2, 0) is 4.74 Å². The van der Waals surface area contributed by atoms with Crippen molar-refractivity contribution in [3.63, 3.8) is 0 Å². The lowest BCUT2D eigenvalue weighted by Crippen LogP contribution is -2.16. The molecule has 0 saturated heterocycles. The van der Waals surface area contributed by atoms with Crippen LogP contribution in [0, 0.1) is 5.82 Å². The second-order valence-corrected chi connectivity index (χ2v) is 3.72. The van der Waals surface area contributed by atoms with Crippen molar-refractivity contribution >= 4 is 0 Å². The fourth-order valence-corrected chi connectivity index (χ4v) is 1.63. The summed E-state index contributed by atoms with van der Waals surface area (Å²) in [7, 11) is 1.56. The average molecular weight is 235 g/mol. The molecule has 0 fully saturated rings. The van der Waals surface area contributed by atoms with Crippen LogP contribution in [0.2, 0.25) is 0 Å². The molecular weight excluding hydrogens is 221 g/mol. The van der Waals surface area contributed by atoms with Gasteiger partial charge in [-0.05, 0) is 23.8 Å². The molecular formula is C12H14FN3O. The van der Waals surface area contributed by atoms with Crippen LogP contribution in [0.5, 0.6) is 0 Å². The van der Waals surface area contributed by atoms with Gasteiger partial charge in [0.2, 0.25) is 0 Å². The molecule has 2 aromatic rings. The smallest absolute Gasteiger partial charge is 0.149 e. The Morgan fingerprint density at radius 3 is 2.94 bits per heavy atom. The Kier molecular flexibility index (Phi) is 3.51. The van der Waals surface area contributed by atoms with Crippen LogP contribution in [0.15, 0.2) is 36.7 Å². The standard InChI is InChI=1S/C12H14FN3O/c1-17-8-11(14)9-3-4-12(10(13)7-9)16-6-2-5-15-16/h2-7,11H,8,14H2,1H3. The average Bonchev–Trinajstić information content (AvgIpc) is 2.82. The van der Waals surface area contributed by atoms with Crippen LogP contribution >= 0.6 is 0 Å². The van der Waals surface area contributed by atoms with Crippen molar-refractivity contribution in [2.75, 3.05) is 13.7 Å². The van der Waals surface area contributed by atoms with Gasteiger partial charge in [-0.2, -0.15) is 5.10 Å². The number of nitrogens with zero attached hydrogens (tertiary/aromatic N) is 2. The van der Waals surface area contributed by atoms with E-state index in [1.807, 2.05) is 0 Å². The summed E-state index contributed by atoms with van der Waals surface area (Å²) in [6.07, 6.45) is 3.29. The van der Waals surface area contributed by atoms with Crippen LogP contribution in [0.25, 0.3) is 5.69 Å². The van der Waals surface area contributed by atoms with Gasteiger partial charge in [0, 0.05) is 19.5 Å². The molecule has 0 aliphatic heterocycles. The summed E-state index contributed by atoms with van der Waals surface area (Å²) in [6, 6.07) is 6.28. The molecule has 1 heterocycles. The Morgan fingerprint density at radius 2 is 2.35 bits per heavy atom. The highest BCUT2D eigenvalue weighted by molar-refractivity contribution is 5.36. The lowest BCUT2D eigenvalue weighted by molar-refractivity contribution is 0.181. The number of nitrogens with two attached hydrogens (primary N) is 1. The summed E-state index contributed by atoms with van der Waals surface area (Å²) < 4.78 is 20.3. The highest BCUT2D eigenvalue weighted by atomic mass is 19.1. The van der Waals surface area contributed by atoms with Crippen molar-refractivity contribution in [1.82, 2.24) is 9.78 Å². The third kappa shape index (κ3) is 2.51.